The van der Waals surface area contributed by atoms with E-state index in [-0.39, 0.29) is 16.9 Å². The summed E-state index contributed by atoms with van der Waals surface area (Å²) in [5.41, 5.74) is 1.53. The maximum absolute atomic E-state index is 13.1. The van der Waals surface area contributed by atoms with Gasteiger partial charge in [0.25, 0.3) is 11.7 Å². The molecule has 1 aromatic heterocycles. The summed E-state index contributed by atoms with van der Waals surface area (Å²) in [6.45, 7) is 0. The largest absolute Gasteiger partial charge is 0.416 e. The first-order valence-corrected chi connectivity index (χ1v) is 9.02. The fraction of sp³-hybridized carbons (Fsp3) is 0.190. The molecule has 1 N–H and O–H groups in total. The van der Waals surface area contributed by atoms with Gasteiger partial charge in [-0.05, 0) is 60.7 Å². The van der Waals surface area contributed by atoms with Crippen LogP contribution >= 0.6 is 0 Å². The smallest absolute Gasteiger partial charge is 0.317 e. The Labute approximate surface area is 164 Å². The zero-order chi connectivity index (χ0) is 20.6. The predicted molar refractivity (Wildman–Crippen MR) is 100.0 cm³/mol. The number of amides is 1. The molecule has 148 valence electrons. The summed E-state index contributed by atoms with van der Waals surface area (Å²) in [6, 6.07) is 9.57. The second-order valence-corrected chi connectivity index (χ2v) is 6.80. The van der Waals surface area contributed by atoms with Gasteiger partial charge in [0.15, 0.2) is 0 Å². The third-order valence-electron chi connectivity index (χ3n) is 4.89. The fourth-order valence-electron chi connectivity index (χ4n) is 3.45. The maximum Gasteiger partial charge on any atom is 0.416 e. The lowest BCUT2D eigenvalue weighted by Crippen LogP contribution is -2.24. The summed E-state index contributed by atoms with van der Waals surface area (Å²) >= 11 is 0. The predicted octanol–water partition coefficient (Wildman–Crippen LogP) is 4.20. The molecule has 0 saturated heterocycles. The topological polar surface area (TPSA) is 64.0 Å². The minimum Gasteiger partial charge on any atom is -0.317 e. The lowest BCUT2D eigenvalue weighted by atomic mass is 10.0. The number of nitrogens with one attached hydrogen (secondary N) is 1. The quantitative estimate of drug-likeness (QED) is 0.528. The highest BCUT2D eigenvalue weighted by molar-refractivity contribution is 6.46. The average Bonchev–Trinajstić information content (AvgIpc) is 3.37. The molecule has 3 aromatic rings. The van der Waals surface area contributed by atoms with Crippen LogP contribution in [0.25, 0.3) is 5.69 Å². The molecule has 1 aliphatic carbocycles. The Hall–Kier alpha value is -3.42. The Morgan fingerprint density at radius 2 is 1.83 bits per heavy atom. The number of hydrogen-bond acceptors (Lipinski definition) is 3. The molecule has 0 atom stereocenters. The van der Waals surface area contributed by atoms with Gasteiger partial charge < -0.3 is 5.32 Å². The lowest BCUT2D eigenvalue weighted by Gasteiger charge is -2.14. The van der Waals surface area contributed by atoms with Crippen LogP contribution in [0, 0.1) is 0 Å². The van der Waals surface area contributed by atoms with E-state index in [0.717, 1.165) is 42.5 Å². The van der Waals surface area contributed by atoms with E-state index in [9.17, 15) is 22.8 Å². The molecule has 0 aliphatic heterocycles. The van der Waals surface area contributed by atoms with Gasteiger partial charge in [-0.3, -0.25) is 9.59 Å². The number of benzene rings is 2. The number of aromatic nitrogens is 2. The van der Waals surface area contributed by atoms with Crippen molar-refractivity contribution in [3.05, 3.63) is 77.1 Å². The molecule has 0 unspecified atom stereocenters. The van der Waals surface area contributed by atoms with Gasteiger partial charge in [0, 0.05) is 18.0 Å². The summed E-state index contributed by atoms with van der Waals surface area (Å²) in [6.07, 6.45) is 1.17. The highest BCUT2D eigenvalue weighted by Gasteiger charge is 2.32. The van der Waals surface area contributed by atoms with E-state index in [1.165, 1.54) is 23.1 Å². The first kappa shape index (κ1) is 18.9. The summed E-state index contributed by atoms with van der Waals surface area (Å²) in [4.78, 5) is 25.1. The van der Waals surface area contributed by atoms with E-state index in [0.29, 0.717) is 0 Å². The average molecular weight is 399 g/mol. The molecule has 0 saturated carbocycles. The van der Waals surface area contributed by atoms with Crippen LogP contribution in [0.5, 0.6) is 0 Å². The third-order valence-corrected chi connectivity index (χ3v) is 4.89. The van der Waals surface area contributed by atoms with Gasteiger partial charge in [-0.2, -0.15) is 18.3 Å². The van der Waals surface area contributed by atoms with E-state index in [1.54, 1.807) is 18.2 Å². The molecule has 29 heavy (non-hydrogen) atoms. The molecular weight excluding hydrogens is 383 g/mol. The number of nitrogens with zero attached hydrogens (tertiary/aromatic N) is 2. The van der Waals surface area contributed by atoms with Crippen molar-refractivity contribution in [2.45, 2.75) is 25.4 Å². The van der Waals surface area contributed by atoms with Crippen molar-refractivity contribution in [2.24, 2.45) is 0 Å². The molecular formula is C21H16F3N3O2. The fourth-order valence-corrected chi connectivity index (χ4v) is 3.45. The van der Waals surface area contributed by atoms with Gasteiger partial charge in [-0.1, -0.05) is 12.1 Å². The molecule has 0 fully saturated rings. The number of ketones is 1. The van der Waals surface area contributed by atoms with Crippen LogP contribution in [0.15, 0.2) is 54.9 Å². The molecule has 8 heteroatoms. The number of fused-ring (bicyclic) bond motifs is 1. The molecule has 5 nitrogen and oxygen atoms in total. The molecule has 2 aromatic carbocycles. The van der Waals surface area contributed by atoms with Crippen LogP contribution < -0.4 is 5.32 Å². The summed E-state index contributed by atoms with van der Waals surface area (Å²) in [5, 5.41) is 6.32. The molecule has 0 spiro atoms. The Kier molecular flexibility index (Phi) is 4.70. The van der Waals surface area contributed by atoms with Gasteiger partial charge in [0.05, 0.1) is 16.9 Å². The van der Waals surface area contributed by atoms with Gasteiger partial charge >= 0.3 is 6.18 Å². The van der Waals surface area contributed by atoms with Gasteiger partial charge in [-0.25, -0.2) is 4.68 Å². The number of hydrogen-bond donors (Lipinski definition) is 1. The Balaban J connectivity index is 1.65. The van der Waals surface area contributed by atoms with Gasteiger partial charge in [-0.15, -0.1) is 0 Å². The molecule has 1 heterocycles. The van der Waals surface area contributed by atoms with Crippen LogP contribution in [0.2, 0.25) is 0 Å². The number of carbonyl (C=O) groups excluding carboxylic acids is 2. The second kappa shape index (κ2) is 7.20. The number of Topliss-reactive ketones (excluding diaryl/α,β-unsaturated/α-hetero) is 1. The maximum atomic E-state index is 13.1. The van der Waals surface area contributed by atoms with E-state index < -0.39 is 23.4 Å². The van der Waals surface area contributed by atoms with Crippen LogP contribution in [0.4, 0.5) is 18.9 Å². The molecule has 1 aliphatic rings. The number of halogens is 3. The first-order valence-electron chi connectivity index (χ1n) is 9.02. The van der Waals surface area contributed by atoms with Crippen molar-refractivity contribution < 1.29 is 22.8 Å². The van der Waals surface area contributed by atoms with Gasteiger partial charge in [0.2, 0.25) is 0 Å². The number of carbonyl (C=O) groups is 2. The first-order chi connectivity index (χ1) is 13.8. The number of anilines is 1. The molecule has 0 bridgehead atoms. The highest BCUT2D eigenvalue weighted by atomic mass is 19.4. The Morgan fingerprint density at radius 3 is 2.55 bits per heavy atom. The Bertz CT molecular complexity index is 1090. The zero-order valence-corrected chi connectivity index (χ0v) is 15.2. The van der Waals surface area contributed by atoms with Gasteiger partial charge in [0.1, 0.15) is 0 Å². The van der Waals surface area contributed by atoms with E-state index >= 15 is 0 Å². The van der Waals surface area contributed by atoms with Crippen LogP contribution in [0.1, 0.15) is 33.5 Å². The molecule has 4 rings (SSSR count). The SMILES string of the molecule is O=C(Nc1cc(C(F)(F)F)ccc1-n1cccn1)C(=O)c1ccc2c(c1)CCC2. The third kappa shape index (κ3) is 3.78. The standard InChI is InChI=1S/C21H16F3N3O2/c22-21(23,24)16-7-8-18(27-10-2-9-25-27)17(12-16)26-20(29)19(28)15-6-5-13-3-1-4-14(13)11-15/h2,5-12H,1,3-4H2,(H,26,29). The van der Waals surface area contributed by atoms with Crippen molar-refractivity contribution in [1.29, 1.82) is 0 Å². The number of rotatable bonds is 4. The number of alkyl halides is 3. The zero-order valence-electron chi connectivity index (χ0n) is 15.2. The van der Waals surface area contributed by atoms with Crippen molar-refractivity contribution in [3.63, 3.8) is 0 Å². The van der Waals surface area contributed by atoms with Crippen molar-refractivity contribution in [2.75, 3.05) is 5.32 Å². The van der Waals surface area contributed by atoms with Crippen molar-refractivity contribution in [1.82, 2.24) is 9.78 Å². The molecule has 0 radical (unpaired) electrons. The van der Waals surface area contributed by atoms with Crippen molar-refractivity contribution >= 4 is 17.4 Å². The van der Waals surface area contributed by atoms with E-state index in [1.807, 2.05) is 6.07 Å². The number of aryl methyl sites for hydroxylation is 2. The van der Waals surface area contributed by atoms with Crippen LogP contribution in [-0.2, 0) is 23.8 Å². The summed E-state index contributed by atoms with van der Waals surface area (Å²) < 4.78 is 40.7. The summed E-state index contributed by atoms with van der Waals surface area (Å²) in [5.74, 6) is -1.81. The lowest BCUT2D eigenvalue weighted by molar-refractivity contribution is -0.137. The monoisotopic (exact) mass is 399 g/mol. The molecule has 1 amide bonds. The van der Waals surface area contributed by atoms with E-state index in [4.69, 9.17) is 0 Å². The second-order valence-electron chi connectivity index (χ2n) is 6.80. The van der Waals surface area contributed by atoms with E-state index in [2.05, 4.69) is 10.4 Å². The van der Waals surface area contributed by atoms with Crippen LogP contribution in [0.3, 0.4) is 0 Å². The van der Waals surface area contributed by atoms with Crippen LogP contribution in [-0.4, -0.2) is 21.5 Å². The van der Waals surface area contributed by atoms with Crippen molar-refractivity contribution in [3.8, 4) is 5.69 Å². The Morgan fingerprint density at radius 1 is 1.03 bits per heavy atom. The normalized spacial score (nSPS) is 13.2. The minimum absolute atomic E-state index is 0.150. The minimum atomic E-state index is -4.59. The highest BCUT2D eigenvalue weighted by Crippen LogP contribution is 2.33. The summed E-state index contributed by atoms with van der Waals surface area (Å²) in [7, 11) is 0.